The molecule has 1 aromatic heterocycles. The molecule has 9 heteroatoms. The first kappa shape index (κ1) is 17.1. The molecule has 0 aliphatic rings. The first-order chi connectivity index (χ1) is 10.5. The van der Waals surface area contributed by atoms with Crippen molar-refractivity contribution >= 4 is 57.3 Å². The molecule has 0 aliphatic carbocycles. The number of carbonyl (C=O) groups excluding carboxylic acids is 1. The van der Waals surface area contributed by atoms with Crippen LogP contribution in [0.5, 0.6) is 5.75 Å². The summed E-state index contributed by atoms with van der Waals surface area (Å²) in [5.41, 5.74) is 0.311. The van der Waals surface area contributed by atoms with Crippen LogP contribution in [0.1, 0.15) is 10.4 Å². The smallest absolute Gasteiger partial charge is 0.257 e. The predicted molar refractivity (Wildman–Crippen MR) is 91.8 cm³/mol. The number of aromatic nitrogens is 2. The van der Waals surface area contributed by atoms with Crippen molar-refractivity contribution in [3.63, 3.8) is 0 Å². The van der Waals surface area contributed by atoms with Crippen LogP contribution in [0.3, 0.4) is 0 Å². The molecular formula is C13H11Cl2N3O2S2. The van der Waals surface area contributed by atoms with E-state index in [4.69, 9.17) is 27.9 Å². The van der Waals surface area contributed by atoms with Crippen LogP contribution < -0.4 is 10.1 Å². The van der Waals surface area contributed by atoms with Gasteiger partial charge in [-0.25, -0.2) is 0 Å². The molecule has 5 nitrogen and oxygen atoms in total. The molecule has 0 fully saturated rings. The van der Waals surface area contributed by atoms with Gasteiger partial charge in [-0.2, -0.15) is 0 Å². The highest BCUT2D eigenvalue weighted by Crippen LogP contribution is 2.34. The molecule has 1 amide bonds. The van der Waals surface area contributed by atoms with Gasteiger partial charge in [0.25, 0.3) is 5.91 Å². The number of benzene rings is 1. The highest BCUT2D eigenvalue weighted by molar-refractivity contribution is 8.01. The zero-order valence-corrected chi connectivity index (χ0v) is 14.6. The van der Waals surface area contributed by atoms with Gasteiger partial charge in [0.15, 0.2) is 10.1 Å². The lowest BCUT2D eigenvalue weighted by atomic mass is 10.2. The van der Waals surface area contributed by atoms with Crippen molar-refractivity contribution in [2.45, 2.75) is 4.34 Å². The SMILES string of the molecule is C=CCSc1nnc(NC(=O)c2cc(Cl)c(OC)c(Cl)c2)s1. The van der Waals surface area contributed by atoms with Crippen LogP contribution in [0, 0.1) is 0 Å². The largest absolute Gasteiger partial charge is 0.494 e. The molecule has 1 heterocycles. The number of hydrogen-bond donors (Lipinski definition) is 1. The van der Waals surface area contributed by atoms with E-state index >= 15 is 0 Å². The van der Waals surface area contributed by atoms with E-state index in [1.807, 2.05) is 0 Å². The summed E-state index contributed by atoms with van der Waals surface area (Å²) < 4.78 is 5.79. The molecule has 0 spiro atoms. The second-order valence-electron chi connectivity index (χ2n) is 3.90. The monoisotopic (exact) mass is 375 g/mol. The number of rotatable bonds is 6. The number of anilines is 1. The maximum atomic E-state index is 12.2. The summed E-state index contributed by atoms with van der Waals surface area (Å²) in [4.78, 5) is 12.2. The Morgan fingerprint density at radius 1 is 1.45 bits per heavy atom. The van der Waals surface area contributed by atoms with Gasteiger partial charge in [0.05, 0.1) is 17.2 Å². The lowest BCUT2D eigenvalue weighted by Crippen LogP contribution is -2.12. The molecule has 116 valence electrons. The standard InChI is InChI=1S/C13H11Cl2N3O2S2/c1-3-4-21-13-18-17-12(22-13)16-11(19)7-5-8(14)10(20-2)9(15)6-7/h3,5-6H,1,4H2,2H3,(H,16,17,19). The Morgan fingerprint density at radius 3 is 2.73 bits per heavy atom. The van der Waals surface area contributed by atoms with E-state index in [1.165, 1.54) is 42.3 Å². The summed E-state index contributed by atoms with van der Waals surface area (Å²) in [6.45, 7) is 3.63. The molecule has 2 rings (SSSR count). The van der Waals surface area contributed by atoms with Crippen LogP contribution in [0.25, 0.3) is 0 Å². The number of amides is 1. The van der Waals surface area contributed by atoms with Gasteiger partial charge in [-0.3, -0.25) is 10.1 Å². The van der Waals surface area contributed by atoms with E-state index in [2.05, 4.69) is 22.1 Å². The molecule has 0 saturated heterocycles. The van der Waals surface area contributed by atoms with Crippen LogP contribution in [0.4, 0.5) is 5.13 Å². The normalized spacial score (nSPS) is 10.3. The Bertz CT molecular complexity index is 683. The van der Waals surface area contributed by atoms with Gasteiger partial charge in [0.2, 0.25) is 5.13 Å². The molecule has 0 radical (unpaired) electrons. The second-order valence-corrected chi connectivity index (χ2v) is 6.96. The first-order valence-electron chi connectivity index (χ1n) is 5.96. The first-order valence-corrected chi connectivity index (χ1v) is 8.52. The quantitative estimate of drug-likeness (QED) is 0.460. The maximum Gasteiger partial charge on any atom is 0.257 e. The van der Waals surface area contributed by atoms with E-state index in [0.29, 0.717) is 16.4 Å². The Hall–Kier alpha value is -1.28. The maximum absolute atomic E-state index is 12.2. The van der Waals surface area contributed by atoms with Gasteiger partial charge < -0.3 is 4.74 Å². The van der Waals surface area contributed by atoms with Crippen molar-refractivity contribution in [3.05, 3.63) is 40.4 Å². The summed E-state index contributed by atoms with van der Waals surface area (Å²) >= 11 is 14.8. The fourth-order valence-corrected chi connectivity index (χ4v) is 3.65. The van der Waals surface area contributed by atoms with Gasteiger partial charge >= 0.3 is 0 Å². The molecule has 0 aliphatic heterocycles. The average Bonchev–Trinajstić information content (AvgIpc) is 2.92. The van der Waals surface area contributed by atoms with E-state index in [-0.39, 0.29) is 16.0 Å². The third-order valence-corrected chi connectivity index (χ3v) is 4.95. The van der Waals surface area contributed by atoms with Gasteiger partial charge in [-0.05, 0) is 12.1 Å². The zero-order chi connectivity index (χ0) is 16.1. The predicted octanol–water partition coefficient (Wildman–Crippen LogP) is 4.38. The molecule has 0 bridgehead atoms. The fraction of sp³-hybridized carbons (Fsp3) is 0.154. The fourth-order valence-electron chi connectivity index (χ4n) is 1.50. The average molecular weight is 376 g/mol. The number of hydrogen-bond acceptors (Lipinski definition) is 6. The van der Waals surface area contributed by atoms with E-state index < -0.39 is 0 Å². The van der Waals surface area contributed by atoms with Crippen LogP contribution in [0.15, 0.2) is 29.1 Å². The Labute approximate surface area is 145 Å². The molecule has 1 N–H and O–H groups in total. The highest BCUT2D eigenvalue weighted by atomic mass is 35.5. The van der Waals surface area contributed by atoms with Crippen LogP contribution >= 0.6 is 46.3 Å². The molecule has 1 aromatic carbocycles. The number of ether oxygens (including phenoxy) is 1. The Balaban J connectivity index is 2.12. The van der Waals surface area contributed by atoms with Crippen molar-refractivity contribution in [1.29, 1.82) is 0 Å². The minimum absolute atomic E-state index is 0.264. The van der Waals surface area contributed by atoms with Gasteiger partial charge in [0, 0.05) is 11.3 Å². The van der Waals surface area contributed by atoms with Gasteiger partial charge in [-0.1, -0.05) is 52.4 Å². The number of thioether (sulfide) groups is 1. The lowest BCUT2D eigenvalue weighted by Gasteiger charge is -2.08. The van der Waals surface area contributed by atoms with Crippen LogP contribution in [0.2, 0.25) is 10.0 Å². The van der Waals surface area contributed by atoms with E-state index in [1.54, 1.807) is 6.08 Å². The van der Waals surface area contributed by atoms with Crippen LogP contribution in [-0.4, -0.2) is 29.0 Å². The second kappa shape index (κ2) is 7.82. The number of carbonyl (C=O) groups is 1. The molecule has 22 heavy (non-hydrogen) atoms. The number of halogens is 2. The number of methoxy groups -OCH3 is 1. The van der Waals surface area contributed by atoms with Gasteiger partial charge in [-0.15, -0.1) is 16.8 Å². The summed E-state index contributed by atoms with van der Waals surface area (Å²) in [6, 6.07) is 2.96. The third kappa shape index (κ3) is 4.13. The number of nitrogens with one attached hydrogen (secondary N) is 1. The van der Waals surface area contributed by atoms with Crippen molar-refractivity contribution in [1.82, 2.24) is 10.2 Å². The van der Waals surface area contributed by atoms with Crippen LogP contribution in [-0.2, 0) is 0 Å². The Kier molecular flexibility index (Phi) is 6.07. The molecular weight excluding hydrogens is 365 g/mol. The third-order valence-electron chi connectivity index (χ3n) is 2.42. The number of nitrogens with zero attached hydrogens (tertiary/aromatic N) is 2. The molecule has 0 atom stereocenters. The van der Waals surface area contributed by atoms with Crippen molar-refractivity contribution < 1.29 is 9.53 Å². The summed E-state index contributed by atoms with van der Waals surface area (Å²) in [7, 11) is 1.45. The van der Waals surface area contributed by atoms with Crippen molar-refractivity contribution in [2.24, 2.45) is 0 Å². The lowest BCUT2D eigenvalue weighted by molar-refractivity contribution is 0.102. The summed E-state index contributed by atoms with van der Waals surface area (Å²) in [6.07, 6.45) is 1.77. The van der Waals surface area contributed by atoms with E-state index in [0.717, 1.165) is 10.1 Å². The minimum atomic E-state index is -0.372. The Morgan fingerprint density at radius 2 is 2.14 bits per heavy atom. The van der Waals surface area contributed by atoms with E-state index in [9.17, 15) is 4.79 Å². The molecule has 0 saturated carbocycles. The van der Waals surface area contributed by atoms with Crippen molar-refractivity contribution in [3.8, 4) is 5.75 Å². The molecule has 0 unspecified atom stereocenters. The van der Waals surface area contributed by atoms with Gasteiger partial charge in [0.1, 0.15) is 0 Å². The summed E-state index contributed by atoms with van der Waals surface area (Å²) in [5.74, 6) is 0.688. The highest BCUT2D eigenvalue weighted by Gasteiger charge is 2.15. The van der Waals surface area contributed by atoms with Crippen molar-refractivity contribution in [2.75, 3.05) is 18.2 Å². The summed E-state index contributed by atoms with van der Waals surface area (Å²) in [5, 5.41) is 11.4. The molecule has 2 aromatic rings. The topological polar surface area (TPSA) is 64.1 Å². The minimum Gasteiger partial charge on any atom is -0.494 e. The zero-order valence-electron chi connectivity index (χ0n) is 11.4.